The zero-order valence-electron chi connectivity index (χ0n) is 43.1. The molecule has 74 heavy (non-hydrogen) atoms. The van der Waals surface area contributed by atoms with Gasteiger partial charge in [0.05, 0.1) is 25.6 Å². The lowest BCUT2D eigenvalue weighted by atomic mass is 10.1. The molecule has 0 bridgehead atoms. The van der Waals surface area contributed by atoms with Crippen molar-refractivity contribution in [1.29, 1.82) is 0 Å². The van der Waals surface area contributed by atoms with E-state index < -0.39 is 145 Å². The summed E-state index contributed by atoms with van der Waals surface area (Å²) in [6, 6.07) is -10.9. The van der Waals surface area contributed by atoms with Crippen LogP contribution in [0.25, 0.3) is 0 Å². The lowest BCUT2D eigenvalue weighted by molar-refractivity contribution is -0.141. The van der Waals surface area contributed by atoms with Gasteiger partial charge >= 0.3 is 5.97 Å². The van der Waals surface area contributed by atoms with Crippen LogP contribution in [0.1, 0.15) is 85.0 Å². The maximum Gasteiger partial charge on any atom is 0.325 e. The second-order valence-corrected chi connectivity index (χ2v) is 20.0. The third-order valence-electron chi connectivity index (χ3n) is 10.8. The highest BCUT2D eigenvalue weighted by molar-refractivity contribution is 7.98. The number of carboxylic acid groups (broad SMARTS) is 1. The molecule has 0 radical (unpaired) electrons. The quantitative estimate of drug-likeness (QED) is 0.0255. The van der Waals surface area contributed by atoms with Crippen LogP contribution in [0, 0.1) is 0 Å². The Hall–Kier alpha value is -5.43. The van der Waals surface area contributed by atoms with Crippen LogP contribution in [0.15, 0.2) is 0 Å². The van der Waals surface area contributed by atoms with Crippen LogP contribution in [-0.2, 0) is 57.5 Å². The number of rotatable bonds is 40. The van der Waals surface area contributed by atoms with Crippen molar-refractivity contribution in [3.05, 3.63) is 0 Å². The summed E-state index contributed by atoms with van der Waals surface area (Å²) in [5.41, 5.74) is 22.7. The molecule has 0 aromatic heterocycles. The minimum absolute atomic E-state index is 0.0372. The number of nitrogens with one attached hydrogen (secondary N) is 10. The smallest absolute Gasteiger partial charge is 0.325 e. The third kappa shape index (κ3) is 29.5. The van der Waals surface area contributed by atoms with Crippen LogP contribution < -0.4 is 76.1 Å². The number of carbonyl (C=O) groups excluding carboxylic acids is 11. The fraction of sp³-hybridized carbons (Fsp3) is 0.727. The van der Waals surface area contributed by atoms with Gasteiger partial charge in [0.15, 0.2) is 0 Å². The maximum atomic E-state index is 13.9. The summed E-state index contributed by atoms with van der Waals surface area (Å²) in [4.78, 5) is 155. The number of hydrogen-bond donors (Lipinski definition) is 15. The van der Waals surface area contributed by atoms with E-state index in [0.717, 1.165) is 0 Å². The molecule has 0 aliphatic rings. The Kier molecular flexibility index (Phi) is 36.2. The van der Waals surface area contributed by atoms with Crippen LogP contribution in [0.5, 0.6) is 0 Å². The molecule has 0 spiro atoms. The maximum absolute atomic E-state index is 13.9. The largest absolute Gasteiger partial charge is 0.480 e. The minimum Gasteiger partial charge on any atom is -0.480 e. The molecule has 0 fully saturated rings. The summed E-state index contributed by atoms with van der Waals surface area (Å²) in [5.74, 6) is -8.90. The summed E-state index contributed by atoms with van der Waals surface area (Å²) in [5, 5.41) is 33.5. The van der Waals surface area contributed by atoms with E-state index in [2.05, 4.69) is 53.2 Å². The minimum atomic E-state index is -1.57. The lowest BCUT2D eigenvalue weighted by Crippen LogP contribution is -2.59. The average Bonchev–Trinajstić information content (AvgIpc) is 3.34. The van der Waals surface area contributed by atoms with Gasteiger partial charge in [0.25, 0.3) is 0 Å². The molecule has 0 heterocycles. The van der Waals surface area contributed by atoms with E-state index in [0.29, 0.717) is 55.9 Å². The zero-order valence-corrected chi connectivity index (χ0v) is 45.5. The number of amides is 11. The number of unbranched alkanes of at least 4 members (excludes halogenated alkanes) is 2. The Bertz CT molecular complexity index is 1870. The zero-order chi connectivity index (χ0) is 56.3. The van der Waals surface area contributed by atoms with E-state index in [9.17, 15) is 57.5 Å². The highest BCUT2D eigenvalue weighted by Gasteiger charge is 2.33. The van der Waals surface area contributed by atoms with Crippen molar-refractivity contribution in [2.24, 2.45) is 22.9 Å². The van der Waals surface area contributed by atoms with Crippen molar-refractivity contribution in [2.45, 2.75) is 139 Å². The van der Waals surface area contributed by atoms with E-state index in [1.165, 1.54) is 56.1 Å². The standard InChI is InChI=1S/C44H80N14O13S3/c1-24(36(62)49-22-34(60)51-25(2)37(63)53-26(3)44(70)71)52-40(66)29(13-18-72-4)54-35(61)23-50-39(65)28(12-8-10-17-46)56-41(67)31(15-20-74-6)57-43(69)32(21-33(48)59)58-42(68)30(14-19-73-5)55-38(64)27(47)11-7-9-16-45/h24-32H,7-23,45-47H2,1-6H3,(H2,48,59)(H,49,62)(H,50,65)(H,51,60)(H,52,66)(H,53,63)(H,54,61)(H,55,64)(H,56,67)(H,57,69)(H,58,68)(H,70,71)/t24-,25-,26-,27-,28-,29-,30-,31-,32-/m0/s1. The van der Waals surface area contributed by atoms with Gasteiger partial charge in [-0.2, -0.15) is 35.3 Å². The van der Waals surface area contributed by atoms with Crippen molar-refractivity contribution in [2.75, 3.05) is 62.2 Å². The second-order valence-electron chi connectivity index (χ2n) is 17.1. The first-order chi connectivity index (χ1) is 35.0. The van der Waals surface area contributed by atoms with Crippen molar-refractivity contribution in [1.82, 2.24) is 53.2 Å². The van der Waals surface area contributed by atoms with Crippen LogP contribution in [0.3, 0.4) is 0 Å². The fourth-order valence-corrected chi connectivity index (χ4v) is 7.83. The lowest BCUT2D eigenvalue weighted by Gasteiger charge is -2.26. The Morgan fingerprint density at radius 2 is 0.811 bits per heavy atom. The first-order valence-corrected chi connectivity index (χ1v) is 28.2. The first kappa shape index (κ1) is 68.6. The van der Waals surface area contributed by atoms with Gasteiger partial charge < -0.3 is 81.2 Å². The number of nitrogens with two attached hydrogens (primary N) is 4. The van der Waals surface area contributed by atoms with E-state index in [4.69, 9.17) is 28.0 Å². The molecule has 0 rings (SSSR count). The molecule has 19 N–H and O–H groups in total. The molecule has 0 aliphatic heterocycles. The van der Waals surface area contributed by atoms with Crippen molar-refractivity contribution in [3.63, 3.8) is 0 Å². The van der Waals surface area contributed by atoms with Gasteiger partial charge in [-0.05, 0) is 121 Å². The second kappa shape index (κ2) is 39.0. The van der Waals surface area contributed by atoms with Crippen LogP contribution in [0.2, 0.25) is 0 Å². The number of primary amides is 1. The Morgan fingerprint density at radius 1 is 0.432 bits per heavy atom. The average molecular weight is 1110 g/mol. The highest BCUT2D eigenvalue weighted by Crippen LogP contribution is 2.09. The van der Waals surface area contributed by atoms with Crippen molar-refractivity contribution < 1.29 is 62.6 Å². The number of carbonyl (C=O) groups is 12. The monoisotopic (exact) mass is 1110 g/mol. The molecule has 422 valence electrons. The number of thioether (sulfide) groups is 3. The molecule has 0 unspecified atom stereocenters. The van der Waals surface area contributed by atoms with Gasteiger partial charge in [0.2, 0.25) is 65.0 Å². The van der Waals surface area contributed by atoms with E-state index >= 15 is 0 Å². The normalized spacial score (nSPS) is 14.6. The Morgan fingerprint density at radius 3 is 1.28 bits per heavy atom. The van der Waals surface area contributed by atoms with Gasteiger partial charge in [-0.3, -0.25) is 57.5 Å². The molecular weight excluding hydrogens is 1030 g/mol. The summed E-state index contributed by atoms with van der Waals surface area (Å²) in [6.07, 6.45) is 7.38. The molecule has 0 aromatic carbocycles. The predicted octanol–water partition coefficient (Wildman–Crippen LogP) is -5.04. The van der Waals surface area contributed by atoms with Gasteiger partial charge in [-0.1, -0.05) is 6.42 Å². The molecule has 11 amide bonds. The predicted molar refractivity (Wildman–Crippen MR) is 283 cm³/mol. The van der Waals surface area contributed by atoms with Gasteiger partial charge in [-0.15, -0.1) is 0 Å². The molecule has 0 aromatic rings. The molecule has 27 nitrogen and oxygen atoms in total. The molecule has 0 saturated heterocycles. The van der Waals surface area contributed by atoms with E-state index in [1.807, 2.05) is 0 Å². The molecule has 0 saturated carbocycles. The number of hydrogen-bond acceptors (Lipinski definition) is 18. The van der Waals surface area contributed by atoms with Crippen molar-refractivity contribution >= 4 is 106 Å². The summed E-state index contributed by atoms with van der Waals surface area (Å²) in [6.45, 7) is 3.32. The summed E-state index contributed by atoms with van der Waals surface area (Å²) < 4.78 is 0. The highest BCUT2D eigenvalue weighted by atomic mass is 32.2. The van der Waals surface area contributed by atoms with Crippen LogP contribution in [-0.4, -0.2) is 193 Å². The number of aliphatic carboxylic acids is 1. The first-order valence-electron chi connectivity index (χ1n) is 24.1. The molecule has 9 atom stereocenters. The van der Waals surface area contributed by atoms with Gasteiger partial charge in [-0.25, -0.2) is 0 Å². The van der Waals surface area contributed by atoms with Gasteiger partial charge in [0.1, 0.15) is 48.3 Å². The summed E-state index contributed by atoms with van der Waals surface area (Å²) >= 11 is 4.11. The van der Waals surface area contributed by atoms with E-state index in [1.54, 1.807) is 18.8 Å². The fourth-order valence-electron chi connectivity index (χ4n) is 6.42. The summed E-state index contributed by atoms with van der Waals surface area (Å²) in [7, 11) is 0. The van der Waals surface area contributed by atoms with Crippen molar-refractivity contribution in [3.8, 4) is 0 Å². The van der Waals surface area contributed by atoms with Crippen LogP contribution in [0.4, 0.5) is 0 Å². The van der Waals surface area contributed by atoms with Crippen LogP contribution >= 0.6 is 35.3 Å². The van der Waals surface area contributed by atoms with E-state index in [-0.39, 0.29) is 32.2 Å². The Labute approximate surface area is 444 Å². The van der Waals surface area contributed by atoms with Gasteiger partial charge in [0, 0.05) is 0 Å². The molecule has 0 aliphatic carbocycles. The topological polar surface area (TPSA) is 449 Å². The third-order valence-corrected chi connectivity index (χ3v) is 12.7. The molecular formula is C44H80N14O13S3. The SMILES string of the molecule is CSCC[C@H](NC(=O)CNC(=O)[C@H](CCCCN)NC(=O)[C@H](CCSC)NC(=O)[C@H](CC(N)=O)NC(=O)[C@H](CCSC)NC(=O)[C@@H](N)CCCCN)C(=O)N[C@@H](C)C(=O)NCC(=O)N[C@@H](C)C(=O)N[C@@H](C)C(=O)O. The molecule has 30 heteroatoms. The number of carboxylic acids is 1. The Balaban J connectivity index is 5.96.